The first kappa shape index (κ1) is 28.3. The molecule has 0 bridgehead atoms. The van der Waals surface area contributed by atoms with Crippen molar-refractivity contribution in [3.05, 3.63) is 65.6 Å². The highest BCUT2D eigenvalue weighted by Gasteiger charge is 2.32. The van der Waals surface area contributed by atoms with Crippen molar-refractivity contribution in [1.29, 1.82) is 0 Å². The van der Waals surface area contributed by atoms with Crippen LogP contribution in [0.25, 0.3) is 11.0 Å². The van der Waals surface area contributed by atoms with Crippen LogP contribution in [0.3, 0.4) is 0 Å². The van der Waals surface area contributed by atoms with Gasteiger partial charge >= 0.3 is 0 Å². The molecule has 0 radical (unpaired) electrons. The Labute approximate surface area is 240 Å². The number of aromatic nitrogens is 3. The number of pyridine rings is 1. The van der Waals surface area contributed by atoms with Gasteiger partial charge in [-0.3, -0.25) is 23.9 Å². The smallest absolute Gasteiger partial charge is 0.252 e. The lowest BCUT2D eigenvalue weighted by atomic mass is 10.0. The van der Waals surface area contributed by atoms with Gasteiger partial charge in [0.1, 0.15) is 5.65 Å². The Morgan fingerprint density at radius 1 is 0.951 bits per heavy atom. The molecule has 1 N–H and O–H groups in total. The lowest BCUT2D eigenvalue weighted by Gasteiger charge is -2.44. The topological polar surface area (TPSA) is 107 Å². The third-order valence-electron chi connectivity index (χ3n) is 8.10. The van der Waals surface area contributed by atoms with Crippen molar-refractivity contribution in [2.24, 2.45) is 0 Å². The monoisotopic (exact) mass is 558 g/mol. The molecule has 5 rings (SSSR count). The van der Waals surface area contributed by atoms with Crippen molar-refractivity contribution in [2.75, 3.05) is 62.6 Å². The van der Waals surface area contributed by atoms with Crippen LogP contribution >= 0.6 is 0 Å². The molecule has 2 saturated heterocycles. The molecule has 1 aromatic carbocycles. The number of carbonyl (C=O) groups excluding carboxylic acids is 2. The largest absolute Gasteiger partial charge is 0.368 e. The number of anilines is 3. The summed E-state index contributed by atoms with van der Waals surface area (Å²) in [4.78, 5) is 54.2. The summed E-state index contributed by atoms with van der Waals surface area (Å²) >= 11 is 0. The fourth-order valence-corrected chi connectivity index (χ4v) is 5.60. The summed E-state index contributed by atoms with van der Waals surface area (Å²) in [5.74, 6) is 0.481. The lowest BCUT2D eigenvalue weighted by Crippen LogP contribution is -2.57. The molecule has 2 fully saturated rings. The van der Waals surface area contributed by atoms with Crippen molar-refractivity contribution in [1.82, 2.24) is 29.2 Å². The number of nitrogens with one attached hydrogen (secondary N) is 1. The zero-order chi connectivity index (χ0) is 29.1. The van der Waals surface area contributed by atoms with E-state index in [1.165, 1.54) is 6.08 Å². The van der Waals surface area contributed by atoms with Gasteiger partial charge in [-0.15, -0.1) is 0 Å². The third-order valence-corrected chi connectivity index (χ3v) is 8.10. The van der Waals surface area contributed by atoms with Crippen LogP contribution in [-0.4, -0.2) is 98.9 Å². The van der Waals surface area contributed by atoms with Crippen molar-refractivity contribution >= 4 is 40.2 Å². The number of piperazine rings is 2. The molecule has 4 heterocycles. The van der Waals surface area contributed by atoms with Crippen LogP contribution < -0.4 is 15.8 Å². The van der Waals surface area contributed by atoms with E-state index >= 15 is 0 Å². The predicted molar refractivity (Wildman–Crippen MR) is 160 cm³/mol. The van der Waals surface area contributed by atoms with E-state index in [1.807, 2.05) is 29.2 Å². The summed E-state index contributed by atoms with van der Waals surface area (Å²) in [6, 6.07) is 11.4. The molecule has 2 amide bonds. The summed E-state index contributed by atoms with van der Waals surface area (Å²) in [6.07, 6.45) is 3.09. The fraction of sp³-hybridized carbons (Fsp3) is 0.433. The Balaban J connectivity index is 1.30. The number of benzene rings is 1. The highest BCUT2D eigenvalue weighted by molar-refractivity contribution is 5.87. The number of carbonyl (C=O) groups is 2. The summed E-state index contributed by atoms with van der Waals surface area (Å²) in [6.45, 7) is 15.6. The first-order valence-corrected chi connectivity index (χ1v) is 14.1. The molecule has 2 aromatic heterocycles. The van der Waals surface area contributed by atoms with Gasteiger partial charge in [-0.1, -0.05) is 6.58 Å². The van der Waals surface area contributed by atoms with E-state index in [2.05, 4.69) is 40.5 Å². The standard InChI is InChI=1S/C30H38N8O3/c1-5-26(40)36-16-18-37(19-17-36)30(3,4)21-38-27(41)11-6-23-20-31-29(33-28(23)38)32-24-7-9-25(10-8-24)35-14-12-34(13-15-35)22(2)39/h5-11,20H,1,12-19,21H2,2-4H3,(H,31,32,33). The first-order chi connectivity index (χ1) is 19.6. The zero-order valence-corrected chi connectivity index (χ0v) is 24.0. The van der Waals surface area contributed by atoms with E-state index < -0.39 is 0 Å². The Bertz CT molecular complexity index is 1480. The second-order valence-electron chi connectivity index (χ2n) is 11.2. The quantitative estimate of drug-likeness (QED) is 0.441. The minimum atomic E-state index is -0.342. The Hall–Kier alpha value is -4.25. The minimum absolute atomic E-state index is 0.0494. The van der Waals surface area contributed by atoms with Crippen molar-refractivity contribution in [3.8, 4) is 0 Å². The SMILES string of the molecule is C=CC(=O)N1CCN(C(C)(C)Cn2c(=O)ccc3cnc(Nc4ccc(N5CCN(C(C)=O)CC5)cc4)nc32)CC1. The summed E-state index contributed by atoms with van der Waals surface area (Å²) in [5.41, 5.74) is 2.05. The van der Waals surface area contributed by atoms with Crippen molar-refractivity contribution < 1.29 is 9.59 Å². The first-order valence-electron chi connectivity index (χ1n) is 14.1. The minimum Gasteiger partial charge on any atom is -0.368 e. The molecule has 0 saturated carbocycles. The second-order valence-corrected chi connectivity index (χ2v) is 11.2. The third kappa shape index (κ3) is 6.25. The predicted octanol–water partition coefficient (Wildman–Crippen LogP) is 2.31. The van der Waals surface area contributed by atoms with Gasteiger partial charge in [0.15, 0.2) is 0 Å². The van der Waals surface area contributed by atoms with Gasteiger partial charge in [0.05, 0.1) is 0 Å². The fourth-order valence-electron chi connectivity index (χ4n) is 5.60. The van der Waals surface area contributed by atoms with Crippen LogP contribution in [0.15, 0.2) is 60.0 Å². The Morgan fingerprint density at radius 2 is 1.61 bits per heavy atom. The van der Waals surface area contributed by atoms with E-state index in [4.69, 9.17) is 4.98 Å². The van der Waals surface area contributed by atoms with Crippen LogP contribution in [0.5, 0.6) is 0 Å². The molecule has 3 aromatic rings. The number of fused-ring (bicyclic) bond motifs is 1. The van der Waals surface area contributed by atoms with Gasteiger partial charge < -0.3 is 20.0 Å². The molecule has 0 unspecified atom stereocenters. The average molecular weight is 559 g/mol. The van der Waals surface area contributed by atoms with Crippen molar-refractivity contribution in [3.63, 3.8) is 0 Å². The normalized spacial score (nSPS) is 16.6. The van der Waals surface area contributed by atoms with Crippen LogP contribution in [0, 0.1) is 0 Å². The molecule has 0 atom stereocenters. The number of rotatable bonds is 7. The molecular weight excluding hydrogens is 520 g/mol. The summed E-state index contributed by atoms with van der Waals surface area (Å²) in [5, 5.41) is 4.06. The van der Waals surface area contributed by atoms with Gasteiger partial charge in [-0.25, -0.2) is 4.98 Å². The molecule has 2 aliphatic heterocycles. The van der Waals surface area contributed by atoms with Crippen LogP contribution in [0.2, 0.25) is 0 Å². The van der Waals surface area contributed by atoms with Gasteiger partial charge in [-0.2, -0.15) is 4.98 Å². The van der Waals surface area contributed by atoms with E-state index in [-0.39, 0.29) is 22.9 Å². The molecule has 2 aliphatic rings. The van der Waals surface area contributed by atoms with E-state index in [0.717, 1.165) is 56.0 Å². The van der Waals surface area contributed by atoms with Crippen molar-refractivity contribution in [2.45, 2.75) is 32.9 Å². The van der Waals surface area contributed by atoms with Gasteiger partial charge in [0.2, 0.25) is 17.8 Å². The summed E-state index contributed by atoms with van der Waals surface area (Å²) < 4.78 is 1.72. The molecule has 11 heteroatoms. The van der Waals surface area contributed by atoms with E-state index in [0.29, 0.717) is 31.2 Å². The van der Waals surface area contributed by atoms with Crippen LogP contribution in [-0.2, 0) is 16.1 Å². The second kappa shape index (κ2) is 11.7. The van der Waals surface area contributed by atoms with Gasteiger partial charge in [0, 0.05) is 100 Å². The Kier molecular flexibility index (Phi) is 8.07. The van der Waals surface area contributed by atoms with E-state index in [1.54, 1.807) is 34.7 Å². The maximum atomic E-state index is 13.1. The molecular formula is C30H38N8O3. The number of hydrogen-bond donors (Lipinski definition) is 1. The maximum absolute atomic E-state index is 13.1. The lowest BCUT2D eigenvalue weighted by molar-refractivity contribution is -0.129. The number of amides is 2. The Morgan fingerprint density at radius 3 is 2.24 bits per heavy atom. The highest BCUT2D eigenvalue weighted by atomic mass is 16.2. The van der Waals surface area contributed by atoms with Crippen LogP contribution in [0.4, 0.5) is 17.3 Å². The molecule has 0 spiro atoms. The number of hydrogen-bond acceptors (Lipinski definition) is 8. The number of nitrogens with zero attached hydrogens (tertiary/aromatic N) is 7. The molecule has 41 heavy (non-hydrogen) atoms. The molecule has 0 aliphatic carbocycles. The van der Waals surface area contributed by atoms with E-state index in [9.17, 15) is 14.4 Å². The zero-order valence-electron chi connectivity index (χ0n) is 24.0. The average Bonchev–Trinajstić information content (AvgIpc) is 2.99. The van der Waals surface area contributed by atoms with Gasteiger partial charge in [0.25, 0.3) is 5.56 Å². The summed E-state index contributed by atoms with van der Waals surface area (Å²) in [7, 11) is 0. The van der Waals surface area contributed by atoms with Gasteiger partial charge in [-0.05, 0) is 50.3 Å². The highest BCUT2D eigenvalue weighted by Crippen LogP contribution is 2.24. The maximum Gasteiger partial charge on any atom is 0.252 e. The molecule has 11 nitrogen and oxygen atoms in total. The van der Waals surface area contributed by atoms with Crippen LogP contribution in [0.1, 0.15) is 20.8 Å². The molecule has 216 valence electrons.